The van der Waals surface area contributed by atoms with Crippen LogP contribution >= 0.6 is 0 Å². The predicted octanol–water partition coefficient (Wildman–Crippen LogP) is 2.39. The van der Waals surface area contributed by atoms with E-state index in [0.717, 1.165) is 5.56 Å². The molecule has 0 saturated carbocycles. The van der Waals surface area contributed by atoms with Gasteiger partial charge in [0, 0.05) is 5.56 Å². The van der Waals surface area contributed by atoms with Crippen LogP contribution < -0.4 is 0 Å². The molecule has 1 aromatic carbocycles. The Bertz CT molecular complexity index is 613. The molecule has 0 spiro atoms. The molecule has 0 radical (unpaired) electrons. The molecule has 3 fully saturated rings. The average molecular weight is 283 g/mol. The van der Waals surface area contributed by atoms with Crippen LogP contribution in [0, 0.1) is 35.0 Å². The Morgan fingerprint density at radius 1 is 1.24 bits per heavy atom. The molecule has 2 bridgehead atoms. The summed E-state index contributed by atoms with van der Waals surface area (Å²) in [6, 6.07) is 9.06. The number of nitrogens with zero attached hydrogens (tertiary/aromatic N) is 1. The van der Waals surface area contributed by atoms with E-state index in [1.807, 2.05) is 0 Å². The van der Waals surface area contributed by atoms with Crippen LogP contribution in [0.1, 0.15) is 25.0 Å². The maximum absolute atomic E-state index is 8.87. The fraction of sp³-hybridized carbons (Fsp3) is 0.471. The van der Waals surface area contributed by atoms with Gasteiger partial charge in [0.15, 0.2) is 0 Å². The summed E-state index contributed by atoms with van der Waals surface area (Å²) in [5, 5.41) is 8.87. The number of benzene rings is 1. The zero-order chi connectivity index (χ0) is 15.1. The molecule has 0 aliphatic carbocycles. The van der Waals surface area contributed by atoms with E-state index in [1.54, 1.807) is 24.3 Å². The van der Waals surface area contributed by atoms with Crippen molar-refractivity contribution in [3.8, 4) is 18.4 Å². The summed E-state index contributed by atoms with van der Waals surface area (Å²) in [7, 11) is 0. The first-order chi connectivity index (χ1) is 10.1. The molecule has 4 rings (SSSR count). The topological polar surface area (TPSA) is 51.5 Å². The zero-order valence-electron chi connectivity index (χ0n) is 12.1. The third-order valence-corrected chi connectivity index (χ3v) is 4.53. The zero-order valence-corrected chi connectivity index (χ0v) is 12.1. The molecule has 3 aliphatic heterocycles. The molecule has 3 saturated heterocycles. The molecule has 0 amide bonds. The van der Waals surface area contributed by atoms with Gasteiger partial charge in [0.1, 0.15) is 6.10 Å². The fourth-order valence-corrected chi connectivity index (χ4v) is 2.85. The lowest BCUT2D eigenvalue weighted by molar-refractivity contribution is -0.496. The highest BCUT2D eigenvalue weighted by molar-refractivity contribution is 5.33. The molecular weight excluding hydrogens is 266 g/mol. The summed E-state index contributed by atoms with van der Waals surface area (Å²) in [5.74, 6) is 1.78. The van der Waals surface area contributed by atoms with Crippen LogP contribution in [0.15, 0.2) is 24.3 Å². The van der Waals surface area contributed by atoms with Crippen LogP contribution in [-0.2, 0) is 20.2 Å². The summed E-state index contributed by atoms with van der Waals surface area (Å²) in [5.41, 5.74) is 0.994. The van der Waals surface area contributed by atoms with E-state index >= 15 is 0 Å². The Labute approximate surface area is 124 Å². The van der Waals surface area contributed by atoms with Crippen molar-refractivity contribution in [2.24, 2.45) is 11.3 Å². The van der Waals surface area contributed by atoms with Crippen LogP contribution in [0.3, 0.4) is 0 Å². The molecule has 1 aromatic rings. The van der Waals surface area contributed by atoms with Crippen molar-refractivity contribution in [3.05, 3.63) is 35.4 Å². The molecule has 3 aliphatic rings. The van der Waals surface area contributed by atoms with Gasteiger partial charge >= 0.3 is 5.97 Å². The van der Waals surface area contributed by atoms with Crippen LogP contribution in [0.2, 0.25) is 0 Å². The molecule has 1 atom stereocenters. The van der Waals surface area contributed by atoms with Crippen LogP contribution in [0.25, 0.3) is 0 Å². The lowest BCUT2D eigenvalue weighted by Crippen LogP contribution is -2.64. The van der Waals surface area contributed by atoms with Gasteiger partial charge in [-0.25, -0.2) is 0 Å². The third kappa shape index (κ3) is 1.96. The highest BCUT2D eigenvalue weighted by Gasteiger charge is 2.59. The van der Waals surface area contributed by atoms with E-state index in [9.17, 15) is 0 Å². The second-order valence-corrected chi connectivity index (χ2v) is 5.88. The Balaban J connectivity index is 1.95. The highest BCUT2D eigenvalue weighted by Crippen LogP contribution is 2.50. The van der Waals surface area contributed by atoms with Crippen molar-refractivity contribution in [1.82, 2.24) is 0 Å². The average Bonchev–Trinajstić information content (AvgIpc) is 2.55. The van der Waals surface area contributed by atoms with Gasteiger partial charge in [-0.1, -0.05) is 19.8 Å². The first-order valence-electron chi connectivity index (χ1n) is 6.99. The number of nitriles is 1. The number of fused-ring (bicyclic) bond motifs is 3. The van der Waals surface area contributed by atoms with Gasteiger partial charge in [-0.2, -0.15) is 5.26 Å². The molecule has 0 aromatic heterocycles. The summed E-state index contributed by atoms with van der Waals surface area (Å²) in [6.07, 6.45) is 5.31. The van der Waals surface area contributed by atoms with Gasteiger partial charge < -0.3 is 14.2 Å². The van der Waals surface area contributed by atoms with Gasteiger partial charge in [0.2, 0.25) is 0 Å². The van der Waals surface area contributed by atoms with Crippen molar-refractivity contribution in [3.63, 3.8) is 0 Å². The number of rotatable bonds is 2. The Hall–Kier alpha value is -1.85. The van der Waals surface area contributed by atoms with E-state index in [1.165, 1.54) is 0 Å². The van der Waals surface area contributed by atoms with Gasteiger partial charge in [-0.3, -0.25) is 0 Å². The maximum atomic E-state index is 8.87. The number of terminal acetylenes is 1. The summed E-state index contributed by atoms with van der Waals surface area (Å²) in [4.78, 5) is 0. The number of hydrogen-bond donors (Lipinski definition) is 0. The molecule has 3 heterocycles. The van der Waals surface area contributed by atoms with Crippen LogP contribution in [0.5, 0.6) is 0 Å². The number of hydrogen-bond acceptors (Lipinski definition) is 4. The second kappa shape index (κ2) is 4.86. The smallest absolute Gasteiger partial charge is 0.313 e. The monoisotopic (exact) mass is 283 g/mol. The predicted molar refractivity (Wildman–Crippen MR) is 75.7 cm³/mol. The van der Waals surface area contributed by atoms with Gasteiger partial charge in [0.25, 0.3) is 0 Å². The van der Waals surface area contributed by atoms with Gasteiger partial charge in [0.05, 0.1) is 30.3 Å². The first-order valence-corrected chi connectivity index (χ1v) is 6.99. The Kier molecular flexibility index (Phi) is 3.26. The first kappa shape index (κ1) is 14.1. The number of ether oxygens (including phenoxy) is 3. The van der Waals surface area contributed by atoms with E-state index in [-0.39, 0.29) is 17.4 Å². The standard InChI is InChI=1S/C17H17NO3/c1-4-15-16(12(2)3)10-19-17(21-15,20-11-16)14-7-5-13(9-18)6-8-14/h1,5-8,12,15H,10-11H2,2-3H3. The van der Waals surface area contributed by atoms with Crippen molar-refractivity contribution in [1.29, 1.82) is 5.26 Å². The van der Waals surface area contributed by atoms with E-state index in [4.69, 9.17) is 25.9 Å². The van der Waals surface area contributed by atoms with Gasteiger partial charge in [-0.15, -0.1) is 6.42 Å². The molecule has 1 unspecified atom stereocenters. The summed E-state index contributed by atoms with van der Waals surface area (Å²) >= 11 is 0. The van der Waals surface area contributed by atoms with E-state index < -0.39 is 5.97 Å². The van der Waals surface area contributed by atoms with Crippen molar-refractivity contribution in [2.75, 3.05) is 13.2 Å². The second-order valence-electron chi connectivity index (χ2n) is 5.88. The lowest BCUT2D eigenvalue weighted by Gasteiger charge is -2.56. The third-order valence-electron chi connectivity index (χ3n) is 4.53. The molecule has 4 nitrogen and oxygen atoms in total. The Morgan fingerprint density at radius 3 is 2.33 bits per heavy atom. The van der Waals surface area contributed by atoms with E-state index in [0.29, 0.717) is 18.8 Å². The maximum Gasteiger partial charge on any atom is 0.313 e. The van der Waals surface area contributed by atoms with Crippen LogP contribution in [-0.4, -0.2) is 19.3 Å². The molecular formula is C17H17NO3. The SMILES string of the molecule is C#CC1OC2(c3ccc(C#N)cc3)OCC1(C(C)C)CO2. The van der Waals surface area contributed by atoms with Crippen molar-refractivity contribution in [2.45, 2.75) is 25.9 Å². The van der Waals surface area contributed by atoms with Crippen molar-refractivity contribution >= 4 is 0 Å². The molecule has 0 N–H and O–H groups in total. The summed E-state index contributed by atoms with van der Waals surface area (Å²) in [6.45, 7) is 5.19. The molecule has 108 valence electrons. The fourth-order valence-electron chi connectivity index (χ4n) is 2.85. The van der Waals surface area contributed by atoms with E-state index in [2.05, 4.69) is 25.8 Å². The largest absolute Gasteiger partial charge is 0.323 e. The molecule has 4 heteroatoms. The van der Waals surface area contributed by atoms with Crippen molar-refractivity contribution < 1.29 is 14.2 Å². The minimum absolute atomic E-state index is 0.290. The normalized spacial score (nSPS) is 34.4. The van der Waals surface area contributed by atoms with Gasteiger partial charge in [-0.05, 0) is 30.2 Å². The van der Waals surface area contributed by atoms with Crippen LogP contribution in [0.4, 0.5) is 0 Å². The quantitative estimate of drug-likeness (QED) is 0.782. The summed E-state index contributed by atoms with van der Waals surface area (Å²) < 4.78 is 17.8. The minimum Gasteiger partial charge on any atom is -0.323 e. The molecule has 21 heavy (non-hydrogen) atoms. The lowest BCUT2D eigenvalue weighted by atomic mass is 9.72. The highest BCUT2D eigenvalue weighted by atomic mass is 16.9. The minimum atomic E-state index is -1.25. The Morgan fingerprint density at radius 2 is 1.86 bits per heavy atom.